The molecule has 312 valence electrons. The van der Waals surface area contributed by atoms with Crippen molar-refractivity contribution in [3.63, 3.8) is 0 Å². The summed E-state index contributed by atoms with van der Waals surface area (Å²) in [5.74, 6) is 0. The van der Waals surface area contributed by atoms with E-state index in [4.69, 9.17) is 10.2 Å². The van der Waals surface area contributed by atoms with Crippen molar-refractivity contribution >= 4 is 38.9 Å². The summed E-state index contributed by atoms with van der Waals surface area (Å²) < 4.78 is 6.55. The lowest BCUT2D eigenvalue weighted by atomic mass is 9.91. The van der Waals surface area contributed by atoms with E-state index in [9.17, 15) is 5.41 Å². The molecule has 0 aliphatic rings. The Morgan fingerprint density at radius 1 is 0.492 bits per heavy atom. The van der Waals surface area contributed by atoms with Crippen molar-refractivity contribution in [2.45, 2.75) is 12.6 Å². The summed E-state index contributed by atoms with van der Waals surface area (Å²) in [6.07, 6.45) is 4.10. The van der Waals surface area contributed by atoms with Gasteiger partial charge in [0.1, 0.15) is 11.2 Å². The Bertz CT molecular complexity index is 3300. The highest BCUT2D eigenvalue weighted by atomic mass is 16.3. The van der Waals surface area contributed by atoms with Gasteiger partial charge >= 0.3 is 0 Å². The second-order valence-corrected chi connectivity index (χ2v) is 16.3. The van der Waals surface area contributed by atoms with Crippen LogP contribution in [0.15, 0.2) is 247 Å². The van der Waals surface area contributed by atoms with E-state index in [1.807, 2.05) is 66.7 Å². The van der Waals surface area contributed by atoms with Gasteiger partial charge in [0.05, 0.1) is 11.8 Å². The maximum Gasteiger partial charge on any atom is 0.136 e. The summed E-state index contributed by atoms with van der Waals surface area (Å²) in [5, 5.41) is 15.2. The van der Waals surface area contributed by atoms with Gasteiger partial charge in [-0.1, -0.05) is 206 Å². The van der Waals surface area contributed by atoms with E-state index in [0.717, 1.165) is 94.4 Å². The average Bonchev–Trinajstić information content (AvgIpc) is 3.76. The number of fused-ring (bicyclic) bond motifs is 3. The molecule has 10 aromatic rings. The fourth-order valence-corrected chi connectivity index (χ4v) is 8.60. The molecule has 65 heavy (non-hydrogen) atoms. The van der Waals surface area contributed by atoms with E-state index >= 15 is 0 Å². The summed E-state index contributed by atoms with van der Waals surface area (Å²) in [6.45, 7) is 0.674. The first-order valence-corrected chi connectivity index (χ1v) is 22.0. The van der Waals surface area contributed by atoms with Crippen LogP contribution in [0, 0.1) is 5.41 Å². The molecule has 1 unspecified atom stereocenters. The van der Waals surface area contributed by atoms with Crippen LogP contribution in [0.1, 0.15) is 39.4 Å². The zero-order chi connectivity index (χ0) is 44.0. The minimum absolute atomic E-state index is 0.277. The molecule has 10 rings (SSSR count). The van der Waals surface area contributed by atoms with Crippen molar-refractivity contribution in [2.24, 2.45) is 5.73 Å². The van der Waals surface area contributed by atoms with Gasteiger partial charge in [0, 0.05) is 23.0 Å². The van der Waals surface area contributed by atoms with Crippen LogP contribution in [0.2, 0.25) is 0 Å². The largest absolute Gasteiger partial charge is 0.456 e. The van der Waals surface area contributed by atoms with Gasteiger partial charge in [0.15, 0.2) is 0 Å². The number of rotatable bonds is 13. The predicted octanol–water partition coefficient (Wildman–Crippen LogP) is 14.9. The highest BCUT2D eigenvalue weighted by Gasteiger charge is 2.17. The second kappa shape index (κ2) is 18.6. The zero-order valence-corrected chi connectivity index (χ0v) is 35.9. The maximum atomic E-state index is 9.40. The molecular formula is C61H47N3O. The van der Waals surface area contributed by atoms with Gasteiger partial charge in [-0.15, -0.1) is 0 Å². The molecule has 4 heteroatoms. The minimum Gasteiger partial charge on any atom is -0.456 e. The molecule has 9 aromatic carbocycles. The Labute approximate surface area is 380 Å². The summed E-state index contributed by atoms with van der Waals surface area (Å²) in [4.78, 5) is 0. The van der Waals surface area contributed by atoms with Gasteiger partial charge in [-0.2, -0.15) is 0 Å². The molecule has 0 spiro atoms. The van der Waals surface area contributed by atoms with Crippen LogP contribution >= 0.6 is 0 Å². The molecule has 4 nitrogen and oxygen atoms in total. The molecular weight excluding hydrogens is 791 g/mol. The van der Waals surface area contributed by atoms with Gasteiger partial charge in [-0.3, -0.25) is 0 Å². The monoisotopic (exact) mass is 837 g/mol. The first-order chi connectivity index (χ1) is 32.0. The number of nitrogens with two attached hydrogens (primary N) is 1. The minimum atomic E-state index is -0.277. The van der Waals surface area contributed by atoms with Gasteiger partial charge in [0.25, 0.3) is 0 Å². The third-order valence-electron chi connectivity index (χ3n) is 12.0. The van der Waals surface area contributed by atoms with E-state index in [-0.39, 0.29) is 6.04 Å². The van der Waals surface area contributed by atoms with Gasteiger partial charge in [-0.05, 0) is 109 Å². The van der Waals surface area contributed by atoms with E-state index < -0.39 is 0 Å². The van der Waals surface area contributed by atoms with E-state index in [1.165, 1.54) is 5.56 Å². The van der Waals surface area contributed by atoms with Gasteiger partial charge in [-0.25, -0.2) is 0 Å². The highest BCUT2D eigenvalue weighted by Crippen LogP contribution is 2.40. The van der Waals surface area contributed by atoms with Crippen molar-refractivity contribution in [3.05, 3.63) is 276 Å². The third kappa shape index (κ3) is 8.98. The number of benzene rings is 9. The number of furan rings is 1. The second-order valence-electron chi connectivity index (χ2n) is 16.3. The third-order valence-corrected chi connectivity index (χ3v) is 12.0. The van der Waals surface area contributed by atoms with Crippen LogP contribution in [0.3, 0.4) is 0 Å². The molecule has 0 fully saturated rings. The first-order valence-electron chi connectivity index (χ1n) is 22.0. The van der Waals surface area contributed by atoms with Crippen LogP contribution in [0.4, 0.5) is 0 Å². The molecule has 0 aliphatic carbocycles. The fourth-order valence-electron chi connectivity index (χ4n) is 8.60. The normalized spacial score (nSPS) is 12.3. The molecule has 0 radical (unpaired) electrons. The lowest BCUT2D eigenvalue weighted by Gasteiger charge is -2.16. The first kappa shape index (κ1) is 40.7. The molecule has 1 aromatic heterocycles. The number of hydrogen-bond donors (Lipinski definition) is 3. The molecule has 0 aliphatic heterocycles. The van der Waals surface area contributed by atoms with Crippen molar-refractivity contribution < 1.29 is 4.42 Å². The average molecular weight is 838 g/mol. The zero-order valence-electron chi connectivity index (χ0n) is 35.9. The van der Waals surface area contributed by atoms with Crippen molar-refractivity contribution in [3.8, 4) is 33.4 Å². The molecule has 1 atom stereocenters. The molecule has 1 heterocycles. The molecule has 0 bridgehead atoms. The van der Waals surface area contributed by atoms with Crippen LogP contribution in [0.5, 0.6) is 0 Å². The summed E-state index contributed by atoms with van der Waals surface area (Å²) in [6, 6.07) is 79.3. The topological polar surface area (TPSA) is 75.0 Å². The van der Waals surface area contributed by atoms with Crippen LogP contribution in [-0.4, -0.2) is 5.71 Å². The van der Waals surface area contributed by atoms with Gasteiger partial charge in [0.2, 0.25) is 0 Å². The van der Waals surface area contributed by atoms with E-state index in [1.54, 1.807) is 0 Å². The Morgan fingerprint density at radius 2 is 1.08 bits per heavy atom. The van der Waals surface area contributed by atoms with Crippen LogP contribution in [-0.2, 0) is 6.54 Å². The lowest BCUT2D eigenvalue weighted by Crippen LogP contribution is -2.15. The van der Waals surface area contributed by atoms with Crippen LogP contribution < -0.4 is 11.1 Å². The molecule has 0 saturated heterocycles. The van der Waals surface area contributed by atoms with Crippen molar-refractivity contribution in [1.82, 2.24) is 5.32 Å². The number of hydrogen-bond acceptors (Lipinski definition) is 4. The molecule has 4 N–H and O–H groups in total. The molecule has 0 saturated carbocycles. The Morgan fingerprint density at radius 3 is 1.82 bits per heavy atom. The van der Waals surface area contributed by atoms with Gasteiger partial charge < -0.3 is 20.9 Å². The van der Waals surface area contributed by atoms with E-state index in [2.05, 4.69) is 181 Å². The fraction of sp³-hybridized carbons (Fsp3) is 0.0328. The SMILES string of the molecule is N=C(/C=C(\c1ccccc1)c1cccc(-c2ccccc2)c1)c1ccc(-c2cc(-c3ccc(/C(=C/C(N)c4ccccc4)NCc4ccccc4)cc3)cc3oc4ccccc4c23)cc1. The lowest BCUT2D eigenvalue weighted by molar-refractivity contribution is 0.669. The Hall–Kier alpha value is -8.31. The number of nitrogens with one attached hydrogen (secondary N) is 2. The van der Waals surface area contributed by atoms with Crippen molar-refractivity contribution in [2.75, 3.05) is 0 Å². The maximum absolute atomic E-state index is 9.40. The van der Waals surface area contributed by atoms with Crippen molar-refractivity contribution in [1.29, 1.82) is 5.41 Å². The van der Waals surface area contributed by atoms with Crippen LogP contribution in [0.25, 0.3) is 66.6 Å². The summed E-state index contributed by atoms with van der Waals surface area (Å²) in [7, 11) is 0. The molecule has 0 amide bonds. The number of para-hydroxylation sites is 1. The van der Waals surface area contributed by atoms with E-state index in [0.29, 0.717) is 12.3 Å². The quantitative estimate of drug-likeness (QED) is 0.101. The highest BCUT2D eigenvalue weighted by molar-refractivity contribution is 6.15. The summed E-state index contributed by atoms with van der Waals surface area (Å²) >= 11 is 0. The predicted molar refractivity (Wildman–Crippen MR) is 271 cm³/mol. The smallest absolute Gasteiger partial charge is 0.136 e. The Kier molecular flexibility index (Phi) is 11.6. The number of allylic oxidation sites excluding steroid dienone is 1. The Balaban J connectivity index is 0.990. The standard InChI is InChI=1S/C61H47N3O/c62-56(39-54(45-20-9-3-10-21-45)51-25-15-24-50(36-51)43-18-7-2-8-19-43)48-32-30-46(31-33-48)55-37-52(38-60-61(55)53-26-13-14-27-59(53)65-60)44-28-34-49(35-29-44)58(64-41-42-16-5-1-6-17-42)40-57(63)47-22-11-4-12-23-47/h1-40,57,62,64H,41,63H2/b54-39+,58-40-,62-56?. The summed E-state index contributed by atoms with van der Waals surface area (Å²) in [5.41, 5.74) is 23.6.